The zero-order valence-corrected chi connectivity index (χ0v) is 11.9. The number of hydrogen-bond donors (Lipinski definition) is 2. The predicted octanol–water partition coefficient (Wildman–Crippen LogP) is 2.03. The average molecular weight is 307 g/mol. The standard InChI is InChI=1S/C12H16ClFN2O2S/c13-10-7-9(14)3-4-11(10)19(17,18)16-12(8-15)5-1-2-6-12/h3-4,7,16H,1-2,5-6,8,15H2. The minimum atomic E-state index is -3.79. The molecule has 0 amide bonds. The van der Waals surface area contributed by atoms with Crippen molar-refractivity contribution >= 4 is 21.6 Å². The maximum absolute atomic E-state index is 13.0. The van der Waals surface area contributed by atoms with Gasteiger partial charge in [-0.2, -0.15) is 0 Å². The molecule has 1 aromatic rings. The van der Waals surface area contributed by atoms with Crippen molar-refractivity contribution in [2.75, 3.05) is 6.54 Å². The van der Waals surface area contributed by atoms with Crippen molar-refractivity contribution in [3.8, 4) is 0 Å². The lowest BCUT2D eigenvalue weighted by molar-refractivity contribution is 0.399. The summed E-state index contributed by atoms with van der Waals surface area (Å²) in [7, 11) is -3.79. The fourth-order valence-electron chi connectivity index (χ4n) is 2.43. The van der Waals surface area contributed by atoms with Gasteiger partial charge in [-0.15, -0.1) is 0 Å². The van der Waals surface area contributed by atoms with Crippen LogP contribution < -0.4 is 10.5 Å². The van der Waals surface area contributed by atoms with Crippen molar-refractivity contribution in [2.24, 2.45) is 5.73 Å². The summed E-state index contributed by atoms with van der Waals surface area (Å²) in [5, 5.41) is -0.127. The molecule has 0 radical (unpaired) electrons. The number of nitrogens with one attached hydrogen (secondary N) is 1. The lowest BCUT2D eigenvalue weighted by Crippen LogP contribution is -2.51. The van der Waals surface area contributed by atoms with E-state index in [4.69, 9.17) is 17.3 Å². The van der Waals surface area contributed by atoms with E-state index in [1.165, 1.54) is 6.07 Å². The zero-order chi connectivity index (χ0) is 14.1. The van der Waals surface area contributed by atoms with Crippen LogP contribution in [-0.2, 0) is 10.0 Å². The molecule has 0 spiro atoms. The first-order valence-electron chi connectivity index (χ1n) is 6.08. The SMILES string of the molecule is NCC1(NS(=O)(=O)c2ccc(F)cc2Cl)CCCC1. The van der Waals surface area contributed by atoms with Crippen molar-refractivity contribution in [3.63, 3.8) is 0 Å². The van der Waals surface area contributed by atoms with E-state index < -0.39 is 21.4 Å². The summed E-state index contributed by atoms with van der Waals surface area (Å²) in [6.45, 7) is 0.241. The second kappa shape index (κ2) is 5.36. The Morgan fingerprint density at radius 2 is 2.00 bits per heavy atom. The molecule has 0 atom stereocenters. The van der Waals surface area contributed by atoms with Crippen molar-refractivity contribution in [1.29, 1.82) is 0 Å². The van der Waals surface area contributed by atoms with E-state index in [2.05, 4.69) is 4.72 Å². The van der Waals surface area contributed by atoms with E-state index in [9.17, 15) is 12.8 Å². The first kappa shape index (κ1) is 14.7. The molecule has 1 fully saturated rings. The minimum absolute atomic E-state index is 0.115. The molecular formula is C12H16ClFN2O2S. The Bertz CT molecular complexity index is 571. The van der Waals surface area contributed by atoms with E-state index in [-0.39, 0.29) is 16.5 Å². The molecule has 0 bridgehead atoms. The first-order valence-corrected chi connectivity index (χ1v) is 7.94. The molecule has 4 nitrogen and oxygen atoms in total. The van der Waals surface area contributed by atoms with Crippen LogP contribution in [0.15, 0.2) is 23.1 Å². The van der Waals surface area contributed by atoms with E-state index in [0.717, 1.165) is 25.0 Å². The number of halogens is 2. The summed E-state index contributed by atoms with van der Waals surface area (Å²) in [6, 6.07) is 3.23. The quantitative estimate of drug-likeness (QED) is 0.894. The van der Waals surface area contributed by atoms with E-state index in [1.807, 2.05) is 0 Å². The third-order valence-corrected chi connectivity index (χ3v) is 5.55. The largest absolute Gasteiger partial charge is 0.329 e. The lowest BCUT2D eigenvalue weighted by Gasteiger charge is -2.28. The zero-order valence-electron chi connectivity index (χ0n) is 10.3. The van der Waals surface area contributed by atoms with Gasteiger partial charge in [0.15, 0.2) is 0 Å². The highest BCUT2D eigenvalue weighted by atomic mass is 35.5. The summed E-state index contributed by atoms with van der Waals surface area (Å²) in [5.41, 5.74) is 5.10. The average Bonchev–Trinajstić information content (AvgIpc) is 2.77. The van der Waals surface area contributed by atoms with Gasteiger partial charge in [-0.3, -0.25) is 0 Å². The van der Waals surface area contributed by atoms with Gasteiger partial charge < -0.3 is 5.73 Å². The molecule has 0 heterocycles. The van der Waals surface area contributed by atoms with E-state index in [0.29, 0.717) is 12.8 Å². The predicted molar refractivity (Wildman–Crippen MR) is 72.0 cm³/mol. The molecule has 2 rings (SSSR count). The molecule has 0 aromatic heterocycles. The Morgan fingerprint density at radius 3 is 2.53 bits per heavy atom. The lowest BCUT2D eigenvalue weighted by atomic mass is 10.0. The molecular weight excluding hydrogens is 291 g/mol. The van der Waals surface area contributed by atoms with Crippen LogP contribution in [0.1, 0.15) is 25.7 Å². The van der Waals surface area contributed by atoms with Crippen LogP contribution in [-0.4, -0.2) is 20.5 Å². The van der Waals surface area contributed by atoms with Crippen molar-refractivity contribution in [2.45, 2.75) is 36.1 Å². The highest BCUT2D eigenvalue weighted by Crippen LogP contribution is 2.31. The van der Waals surface area contributed by atoms with Crippen LogP contribution in [0, 0.1) is 5.82 Å². The molecule has 0 saturated heterocycles. The van der Waals surface area contributed by atoms with Crippen LogP contribution in [0.4, 0.5) is 4.39 Å². The highest BCUT2D eigenvalue weighted by Gasteiger charge is 2.37. The van der Waals surface area contributed by atoms with Crippen LogP contribution >= 0.6 is 11.6 Å². The third-order valence-electron chi connectivity index (χ3n) is 3.49. The summed E-state index contributed by atoms with van der Waals surface area (Å²) >= 11 is 5.80. The molecule has 3 N–H and O–H groups in total. The van der Waals surface area contributed by atoms with Gasteiger partial charge in [0.25, 0.3) is 0 Å². The van der Waals surface area contributed by atoms with E-state index in [1.54, 1.807) is 0 Å². The number of rotatable bonds is 4. The molecule has 0 unspecified atom stereocenters. The van der Waals surface area contributed by atoms with Crippen LogP contribution in [0.25, 0.3) is 0 Å². The molecule has 1 aliphatic carbocycles. The maximum Gasteiger partial charge on any atom is 0.242 e. The van der Waals surface area contributed by atoms with Crippen molar-refractivity contribution < 1.29 is 12.8 Å². The van der Waals surface area contributed by atoms with Gasteiger partial charge in [-0.25, -0.2) is 17.5 Å². The van der Waals surface area contributed by atoms with Gasteiger partial charge in [0.1, 0.15) is 10.7 Å². The van der Waals surface area contributed by atoms with Crippen LogP contribution in [0.3, 0.4) is 0 Å². The Balaban J connectivity index is 2.32. The summed E-state index contributed by atoms with van der Waals surface area (Å²) in [5.74, 6) is -0.571. The number of benzene rings is 1. The Labute approximate surface area is 117 Å². The summed E-state index contributed by atoms with van der Waals surface area (Å²) in [6.07, 6.45) is 3.30. The molecule has 1 aromatic carbocycles. The van der Waals surface area contributed by atoms with Gasteiger partial charge in [0.2, 0.25) is 10.0 Å². The molecule has 1 saturated carbocycles. The Hall–Kier alpha value is -0.690. The highest BCUT2D eigenvalue weighted by molar-refractivity contribution is 7.89. The number of hydrogen-bond acceptors (Lipinski definition) is 3. The van der Waals surface area contributed by atoms with Gasteiger partial charge in [0.05, 0.1) is 5.02 Å². The minimum Gasteiger partial charge on any atom is -0.329 e. The first-order chi connectivity index (χ1) is 8.88. The van der Waals surface area contributed by atoms with Gasteiger partial charge in [-0.1, -0.05) is 24.4 Å². The molecule has 7 heteroatoms. The van der Waals surface area contributed by atoms with Crippen molar-refractivity contribution in [3.05, 3.63) is 29.0 Å². The maximum atomic E-state index is 13.0. The number of sulfonamides is 1. The Kier molecular flexibility index (Phi) is 4.15. The molecule has 1 aliphatic rings. The fourth-order valence-corrected chi connectivity index (χ4v) is 4.44. The molecule has 0 aliphatic heterocycles. The van der Waals surface area contributed by atoms with Gasteiger partial charge >= 0.3 is 0 Å². The van der Waals surface area contributed by atoms with Gasteiger partial charge in [-0.05, 0) is 31.0 Å². The van der Waals surface area contributed by atoms with Crippen LogP contribution in [0.5, 0.6) is 0 Å². The second-order valence-electron chi connectivity index (χ2n) is 4.87. The smallest absolute Gasteiger partial charge is 0.242 e. The van der Waals surface area contributed by atoms with Crippen LogP contribution in [0.2, 0.25) is 5.02 Å². The Morgan fingerprint density at radius 1 is 1.37 bits per heavy atom. The molecule has 106 valence electrons. The normalized spacial score (nSPS) is 18.7. The fraction of sp³-hybridized carbons (Fsp3) is 0.500. The molecule has 19 heavy (non-hydrogen) atoms. The topological polar surface area (TPSA) is 72.2 Å². The van der Waals surface area contributed by atoms with E-state index >= 15 is 0 Å². The van der Waals surface area contributed by atoms with Crippen molar-refractivity contribution in [1.82, 2.24) is 4.72 Å². The summed E-state index contributed by atoms with van der Waals surface area (Å²) in [4.78, 5) is -0.115. The summed E-state index contributed by atoms with van der Waals surface area (Å²) < 4.78 is 40.2. The van der Waals surface area contributed by atoms with Gasteiger partial charge in [0, 0.05) is 12.1 Å². The monoisotopic (exact) mass is 306 g/mol. The second-order valence-corrected chi connectivity index (χ2v) is 6.93. The third kappa shape index (κ3) is 3.08. The number of nitrogens with two attached hydrogens (primary N) is 1.